The fraction of sp³-hybridized carbons (Fsp3) is 0.238. The van der Waals surface area contributed by atoms with Crippen LogP contribution in [0.4, 0.5) is 0 Å². The number of esters is 1. The van der Waals surface area contributed by atoms with E-state index >= 15 is 0 Å². The van der Waals surface area contributed by atoms with Crippen LogP contribution in [-0.2, 0) is 14.3 Å². The van der Waals surface area contributed by atoms with Gasteiger partial charge in [0.1, 0.15) is 6.61 Å². The molecule has 0 spiro atoms. The molecule has 2 aromatic carbocycles. The molecule has 0 fully saturated rings. The lowest BCUT2D eigenvalue weighted by molar-refractivity contribution is -0.165. The molecule has 0 heterocycles. The van der Waals surface area contributed by atoms with Crippen molar-refractivity contribution < 1.29 is 19.4 Å². The highest BCUT2D eigenvalue weighted by Gasteiger charge is 2.49. The van der Waals surface area contributed by atoms with E-state index in [4.69, 9.17) is 10.5 Å². The average Bonchev–Trinajstić information content (AvgIpc) is 3.19. The van der Waals surface area contributed by atoms with Crippen molar-refractivity contribution in [3.63, 3.8) is 0 Å². The average molecular weight is 349 g/mol. The summed E-state index contributed by atoms with van der Waals surface area (Å²) in [6, 6.07) is 15.6. The number of carbonyl (C=O) groups excluding carboxylic acids is 1. The summed E-state index contributed by atoms with van der Waals surface area (Å²) < 4.78 is 5.51. The minimum Gasteiger partial charge on any atom is -0.480 e. The van der Waals surface area contributed by atoms with Gasteiger partial charge >= 0.3 is 11.9 Å². The van der Waals surface area contributed by atoms with Crippen molar-refractivity contribution >= 4 is 11.9 Å². The molecule has 5 nitrogen and oxygen atoms in total. The Hall–Kier alpha value is -2.92. The molecule has 0 aromatic heterocycles. The highest BCUT2D eigenvalue weighted by Crippen LogP contribution is 2.45. The lowest BCUT2D eigenvalue weighted by Gasteiger charge is -2.23. The second-order valence-corrected chi connectivity index (χ2v) is 6.83. The number of hydrogen-bond acceptors (Lipinski definition) is 4. The number of rotatable bonds is 4. The number of ether oxygens (including phenoxy) is 1. The van der Waals surface area contributed by atoms with Gasteiger partial charge in [-0.05, 0) is 28.7 Å². The van der Waals surface area contributed by atoms with Gasteiger partial charge in [0.15, 0.2) is 5.41 Å². The summed E-state index contributed by atoms with van der Waals surface area (Å²) in [4.78, 5) is 24.3. The number of carbonyl (C=O) groups is 2. The first-order chi connectivity index (χ1) is 12.5. The third-order valence-electron chi connectivity index (χ3n) is 5.28. The Kier molecular flexibility index (Phi) is 3.89. The molecule has 3 N–H and O–H groups in total. The number of benzene rings is 2. The molecule has 2 aromatic rings. The predicted molar refractivity (Wildman–Crippen MR) is 96.5 cm³/mol. The van der Waals surface area contributed by atoms with E-state index in [0.29, 0.717) is 0 Å². The molecule has 132 valence electrons. The van der Waals surface area contributed by atoms with Crippen molar-refractivity contribution in [3.05, 3.63) is 71.8 Å². The molecule has 2 unspecified atom stereocenters. The molecule has 4 rings (SSSR count). The van der Waals surface area contributed by atoms with E-state index in [0.717, 1.165) is 22.3 Å². The largest absolute Gasteiger partial charge is 0.480 e. The lowest BCUT2D eigenvalue weighted by Crippen LogP contribution is -2.40. The summed E-state index contributed by atoms with van der Waals surface area (Å²) in [5, 5.41) is 9.55. The van der Waals surface area contributed by atoms with E-state index < -0.39 is 23.4 Å². The van der Waals surface area contributed by atoms with Crippen LogP contribution in [-0.4, -0.2) is 29.7 Å². The van der Waals surface area contributed by atoms with Crippen LogP contribution < -0.4 is 5.73 Å². The fourth-order valence-corrected chi connectivity index (χ4v) is 3.92. The summed E-state index contributed by atoms with van der Waals surface area (Å²) in [5.41, 5.74) is 8.51. The molecule has 5 heteroatoms. The van der Waals surface area contributed by atoms with Crippen LogP contribution in [0.25, 0.3) is 11.1 Å². The standard InChI is InChI=1S/C21H19NO4/c22-13-9-10-21(11-13,19(23)24)20(25)26-12-18-16-7-3-1-5-14(16)15-6-2-4-8-17(15)18/h1-10,13,18H,11-12,22H2,(H,23,24). The van der Waals surface area contributed by atoms with Crippen molar-refractivity contribution in [1.82, 2.24) is 0 Å². The van der Waals surface area contributed by atoms with Crippen molar-refractivity contribution in [1.29, 1.82) is 0 Å². The Balaban J connectivity index is 1.60. The monoisotopic (exact) mass is 349 g/mol. The molecule has 26 heavy (non-hydrogen) atoms. The van der Waals surface area contributed by atoms with Crippen LogP contribution in [0.15, 0.2) is 60.7 Å². The van der Waals surface area contributed by atoms with E-state index in [2.05, 4.69) is 0 Å². The van der Waals surface area contributed by atoms with Gasteiger partial charge in [0, 0.05) is 12.0 Å². The Labute approximate surface area is 151 Å². The summed E-state index contributed by atoms with van der Waals surface area (Å²) >= 11 is 0. The Morgan fingerprint density at radius 1 is 1.08 bits per heavy atom. The maximum atomic E-state index is 12.6. The maximum Gasteiger partial charge on any atom is 0.327 e. The number of carboxylic acid groups (broad SMARTS) is 1. The van der Waals surface area contributed by atoms with Gasteiger partial charge in [0.2, 0.25) is 0 Å². The summed E-state index contributed by atoms with van der Waals surface area (Å²) in [5.74, 6) is -2.08. The quantitative estimate of drug-likeness (QED) is 0.503. The highest BCUT2D eigenvalue weighted by atomic mass is 16.5. The molecule has 0 aliphatic heterocycles. The van der Waals surface area contributed by atoms with E-state index in [1.54, 1.807) is 6.08 Å². The molecule has 0 saturated carbocycles. The predicted octanol–water partition coefficient (Wildman–Crippen LogP) is 2.70. The molecule has 2 atom stereocenters. The first-order valence-corrected chi connectivity index (χ1v) is 8.57. The molecule has 0 bridgehead atoms. The maximum absolute atomic E-state index is 12.6. The molecule has 2 aliphatic rings. The van der Waals surface area contributed by atoms with Crippen LogP contribution in [0.3, 0.4) is 0 Å². The van der Waals surface area contributed by atoms with Crippen molar-refractivity contribution in [3.8, 4) is 11.1 Å². The van der Waals surface area contributed by atoms with Crippen molar-refractivity contribution in [2.45, 2.75) is 18.4 Å². The van der Waals surface area contributed by atoms with Crippen LogP contribution in [0.5, 0.6) is 0 Å². The van der Waals surface area contributed by atoms with E-state index in [1.807, 2.05) is 48.5 Å². The zero-order valence-corrected chi connectivity index (χ0v) is 14.1. The first-order valence-electron chi connectivity index (χ1n) is 8.57. The highest BCUT2D eigenvalue weighted by molar-refractivity contribution is 6.02. The second-order valence-electron chi connectivity index (χ2n) is 6.83. The van der Waals surface area contributed by atoms with Gasteiger partial charge < -0.3 is 15.6 Å². The Morgan fingerprint density at radius 2 is 1.65 bits per heavy atom. The summed E-state index contributed by atoms with van der Waals surface area (Å²) in [6.07, 6.45) is 2.94. The van der Waals surface area contributed by atoms with Crippen LogP contribution in [0.2, 0.25) is 0 Å². The van der Waals surface area contributed by atoms with E-state index in [-0.39, 0.29) is 18.9 Å². The summed E-state index contributed by atoms with van der Waals surface area (Å²) in [6.45, 7) is 0.102. The minimum atomic E-state index is -1.68. The Morgan fingerprint density at radius 3 is 2.15 bits per heavy atom. The fourth-order valence-electron chi connectivity index (χ4n) is 3.92. The number of hydrogen-bond donors (Lipinski definition) is 2. The van der Waals surface area contributed by atoms with Crippen molar-refractivity contribution in [2.75, 3.05) is 6.61 Å². The minimum absolute atomic E-state index is 0.0268. The first kappa shape index (κ1) is 16.5. The van der Waals surface area contributed by atoms with Gasteiger partial charge in [-0.1, -0.05) is 60.7 Å². The number of carboxylic acids is 1. The van der Waals surface area contributed by atoms with Crippen LogP contribution in [0.1, 0.15) is 23.5 Å². The van der Waals surface area contributed by atoms with Gasteiger partial charge in [-0.2, -0.15) is 0 Å². The van der Waals surface area contributed by atoms with Crippen molar-refractivity contribution in [2.24, 2.45) is 11.1 Å². The lowest BCUT2D eigenvalue weighted by atomic mass is 9.87. The van der Waals surface area contributed by atoms with Gasteiger partial charge in [-0.15, -0.1) is 0 Å². The third kappa shape index (κ3) is 2.44. The number of nitrogens with two attached hydrogens (primary N) is 1. The Bertz CT molecular complexity index is 874. The van der Waals surface area contributed by atoms with E-state index in [1.165, 1.54) is 6.08 Å². The van der Waals surface area contributed by atoms with E-state index in [9.17, 15) is 14.7 Å². The zero-order valence-electron chi connectivity index (χ0n) is 14.1. The third-order valence-corrected chi connectivity index (χ3v) is 5.28. The number of fused-ring (bicyclic) bond motifs is 3. The van der Waals surface area contributed by atoms with Gasteiger partial charge in [0.25, 0.3) is 0 Å². The van der Waals surface area contributed by atoms with Crippen LogP contribution in [0, 0.1) is 5.41 Å². The number of aliphatic carboxylic acids is 1. The smallest absolute Gasteiger partial charge is 0.327 e. The molecular weight excluding hydrogens is 330 g/mol. The molecule has 0 radical (unpaired) electrons. The topological polar surface area (TPSA) is 89.6 Å². The molecule has 2 aliphatic carbocycles. The normalized spacial score (nSPS) is 23.5. The SMILES string of the molecule is NC1C=CC(C(=O)O)(C(=O)OCC2c3ccccc3-c3ccccc32)C1. The van der Waals surface area contributed by atoms with Gasteiger partial charge in [0.05, 0.1) is 0 Å². The zero-order chi connectivity index (χ0) is 18.3. The van der Waals surface area contributed by atoms with Crippen LogP contribution >= 0.6 is 0 Å². The molecule has 0 saturated heterocycles. The van der Waals surface area contributed by atoms with Gasteiger partial charge in [-0.3, -0.25) is 9.59 Å². The summed E-state index contributed by atoms with van der Waals surface area (Å²) in [7, 11) is 0. The van der Waals surface area contributed by atoms with Gasteiger partial charge in [-0.25, -0.2) is 0 Å². The molecular formula is C21H19NO4. The molecule has 0 amide bonds. The second kappa shape index (κ2) is 6.11.